The molecule has 0 aromatic heterocycles. The summed E-state index contributed by atoms with van der Waals surface area (Å²) in [5, 5.41) is 0. The third-order valence-corrected chi connectivity index (χ3v) is 4.50. The van der Waals surface area contributed by atoms with Gasteiger partial charge in [0.1, 0.15) is 0 Å². The summed E-state index contributed by atoms with van der Waals surface area (Å²) in [7, 11) is 1.93. The minimum Gasteiger partial charge on any atom is -0.296 e. The Hall–Kier alpha value is -0.370. The molecule has 1 atom stereocenters. The van der Waals surface area contributed by atoms with Gasteiger partial charge < -0.3 is 0 Å². The lowest BCUT2D eigenvalue weighted by Crippen LogP contribution is -2.39. The van der Waals surface area contributed by atoms with Crippen molar-refractivity contribution >= 4 is 5.71 Å². The monoisotopic (exact) mass is 208 g/mol. The van der Waals surface area contributed by atoms with E-state index in [0.717, 1.165) is 6.54 Å². The number of nitrogens with zero attached hydrogens (tertiary/aromatic N) is 2. The van der Waals surface area contributed by atoms with Gasteiger partial charge in [-0.3, -0.25) is 9.89 Å². The van der Waals surface area contributed by atoms with Crippen molar-refractivity contribution in [2.45, 2.75) is 52.0 Å². The second-order valence-corrected chi connectivity index (χ2v) is 5.80. The van der Waals surface area contributed by atoms with Crippen LogP contribution in [0.3, 0.4) is 0 Å². The highest BCUT2D eigenvalue weighted by Crippen LogP contribution is 2.62. The average Bonchev–Trinajstić information content (AvgIpc) is 2.63. The van der Waals surface area contributed by atoms with Crippen molar-refractivity contribution in [1.82, 2.24) is 4.90 Å². The zero-order valence-electron chi connectivity index (χ0n) is 10.6. The summed E-state index contributed by atoms with van der Waals surface area (Å²) in [4.78, 5) is 7.06. The molecular formula is C13H24N2. The van der Waals surface area contributed by atoms with Crippen molar-refractivity contribution in [2.24, 2.45) is 10.4 Å². The third-order valence-electron chi connectivity index (χ3n) is 4.50. The number of hydrogen-bond acceptors (Lipinski definition) is 2. The number of aliphatic imine (C=N–C) groups is 1. The largest absolute Gasteiger partial charge is 0.296 e. The van der Waals surface area contributed by atoms with E-state index in [2.05, 4.69) is 30.7 Å². The lowest BCUT2D eigenvalue weighted by Gasteiger charge is -2.30. The molecule has 1 heterocycles. The maximum atomic E-state index is 4.36. The quantitative estimate of drug-likeness (QED) is 0.696. The van der Waals surface area contributed by atoms with Gasteiger partial charge in [0.15, 0.2) is 0 Å². The minimum atomic E-state index is 0.508. The molecule has 2 fully saturated rings. The fourth-order valence-corrected chi connectivity index (χ4v) is 3.42. The van der Waals surface area contributed by atoms with Gasteiger partial charge in [-0.15, -0.1) is 0 Å². The molecule has 15 heavy (non-hydrogen) atoms. The van der Waals surface area contributed by atoms with E-state index >= 15 is 0 Å². The first-order valence-electron chi connectivity index (χ1n) is 6.25. The van der Waals surface area contributed by atoms with E-state index < -0.39 is 0 Å². The van der Waals surface area contributed by atoms with Crippen LogP contribution in [0.5, 0.6) is 0 Å². The highest BCUT2D eigenvalue weighted by atomic mass is 15.3. The second kappa shape index (κ2) is 3.58. The number of likely N-dealkylation sites (tertiary alicyclic amines) is 1. The molecule has 1 aliphatic carbocycles. The first-order valence-corrected chi connectivity index (χ1v) is 6.25. The summed E-state index contributed by atoms with van der Waals surface area (Å²) in [5.41, 5.74) is 2.44. The average molecular weight is 208 g/mol. The highest BCUT2D eigenvalue weighted by Gasteiger charge is 2.63. The lowest BCUT2D eigenvalue weighted by atomic mass is 9.98. The van der Waals surface area contributed by atoms with E-state index in [-0.39, 0.29) is 0 Å². The van der Waals surface area contributed by atoms with Crippen molar-refractivity contribution < 1.29 is 0 Å². The molecule has 2 heteroatoms. The molecule has 0 spiro atoms. The third kappa shape index (κ3) is 1.63. The van der Waals surface area contributed by atoms with Crippen LogP contribution in [0.25, 0.3) is 0 Å². The van der Waals surface area contributed by atoms with Gasteiger partial charge in [0.05, 0.1) is 0 Å². The van der Waals surface area contributed by atoms with Crippen LogP contribution >= 0.6 is 0 Å². The first kappa shape index (κ1) is 11.1. The van der Waals surface area contributed by atoms with Gasteiger partial charge >= 0.3 is 0 Å². The molecule has 0 aromatic carbocycles. The molecule has 0 aromatic rings. The van der Waals surface area contributed by atoms with Gasteiger partial charge in [-0.25, -0.2) is 0 Å². The maximum Gasteiger partial charge on any atom is 0.0369 e. The van der Waals surface area contributed by atoms with Crippen LogP contribution in [0.2, 0.25) is 0 Å². The molecule has 1 unspecified atom stereocenters. The smallest absolute Gasteiger partial charge is 0.0369 e. The molecule has 0 bridgehead atoms. The van der Waals surface area contributed by atoms with Crippen LogP contribution in [-0.4, -0.2) is 36.3 Å². The molecule has 0 N–H and O–H groups in total. The van der Waals surface area contributed by atoms with Gasteiger partial charge in [0.2, 0.25) is 0 Å². The first-order chi connectivity index (χ1) is 7.05. The summed E-state index contributed by atoms with van der Waals surface area (Å²) in [5.74, 6) is 0. The SMILES string of the molecule is CCCC1(N2CCC(=NC)C2)CC1(C)C. The molecule has 1 aliphatic heterocycles. The van der Waals surface area contributed by atoms with Crippen molar-refractivity contribution in [3.05, 3.63) is 0 Å². The van der Waals surface area contributed by atoms with Crippen molar-refractivity contribution in [3.63, 3.8) is 0 Å². The van der Waals surface area contributed by atoms with E-state index in [1.54, 1.807) is 0 Å². The fourth-order valence-electron chi connectivity index (χ4n) is 3.42. The second-order valence-electron chi connectivity index (χ2n) is 5.80. The Morgan fingerprint density at radius 2 is 2.07 bits per heavy atom. The Balaban J connectivity index is 2.09. The van der Waals surface area contributed by atoms with E-state index in [0.29, 0.717) is 11.0 Å². The summed E-state index contributed by atoms with van der Waals surface area (Å²) in [6.07, 6.45) is 5.23. The molecule has 2 aliphatic rings. The van der Waals surface area contributed by atoms with Crippen LogP contribution in [0.4, 0.5) is 0 Å². The Kier molecular flexibility index (Phi) is 2.66. The number of rotatable bonds is 3. The normalized spacial score (nSPS) is 37.5. The van der Waals surface area contributed by atoms with Gasteiger partial charge in [0, 0.05) is 31.4 Å². The topological polar surface area (TPSA) is 15.6 Å². The van der Waals surface area contributed by atoms with Gasteiger partial charge in [-0.2, -0.15) is 0 Å². The van der Waals surface area contributed by atoms with Gasteiger partial charge in [-0.1, -0.05) is 27.2 Å². The summed E-state index contributed by atoms with van der Waals surface area (Å²) >= 11 is 0. The van der Waals surface area contributed by atoms with E-state index in [1.807, 2.05) is 7.05 Å². The molecule has 0 radical (unpaired) electrons. The molecule has 2 rings (SSSR count). The molecular weight excluding hydrogens is 184 g/mol. The number of hydrogen-bond donors (Lipinski definition) is 0. The van der Waals surface area contributed by atoms with Gasteiger partial charge in [-0.05, 0) is 24.7 Å². The summed E-state index contributed by atoms with van der Waals surface area (Å²) < 4.78 is 0. The Bertz CT molecular complexity index is 280. The summed E-state index contributed by atoms with van der Waals surface area (Å²) in [6, 6.07) is 0. The minimum absolute atomic E-state index is 0.508. The fraction of sp³-hybridized carbons (Fsp3) is 0.923. The predicted molar refractivity (Wildman–Crippen MR) is 65.6 cm³/mol. The van der Waals surface area contributed by atoms with E-state index in [1.165, 1.54) is 37.9 Å². The van der Waals surface area contributed by atoms with E-state index in [9.17, 15) is 0 Å². The van der Waals surface area contributed by atoms with Crippen molar-refractivity contribution in [2.75, 3.05) is 20.1 Å². The lowest BCUT2D eigenvalue weighted by molar-refractivity contribution is 0.173. The Labute approximate surface area is 93.8 Å². The Morgan fingerprint density at radius 3 is 2.47 bits per heavy atom. The highest BCUT2D eigenvalue weighted by molar-refractivity contribution is 5.88. The van der Waals surface area contributed by atoms with Crippen LogP contribution in [-0.2, 0) is 0 Å². The molecule has 1 saturated heterocycles. The predicted octanol–water partition coefficient (Wildman–Crippen LogP) is 2.73. The molecule has 86 valence electrons. The van der Waals surface area contributed by atoms with Crippen LogP contribution < -0.4 is 0 Å². The van der Waals surface area contributed by atoms with Crippen LogP contribution in [0.1, 0.15) is 46.5 Å². The van der Waals surface area contributed by atoms with Gasteiger partial charge in [0.25, 0.3) is 0 Å². The Morgan fingerprint density at radius 1 is 1.40 bits per heavy atom. The van der Waals surface area contributed by atoms with Crippen molar-refractivity contribution in [3.8, 4) is 0 Å². The van der Waals surface area contributed by atoms with Crippen LogP contribution in [0, 0.1) is 5.41 Å². The van der Waals surface area contributed by atoms with Crippen molar-refractivity contribution in [1.29, 1.82) is 0 Å². The van der Waals surface area contributed by atoms with E-state index in [4.69, 9.17) is 0 Å². The molecule has 2 nitrogen and oxygen atoms in total. The molecule has 0 amide bonds. The summed E-state index contributed by atoms with van der Waals surface area (Å²) in [6.45, 7) is 9.50. The van der Waals surface area contributed by atoms with Crippen LogP contribution in [0.15, 0.2) is 4.99 Å². The zero-order chi connectivity index (χ0) is 11.1. The zero-order valence-corrected chi connectivity index (χ0v) is 10.6. The maximum absolute atomic E-state index is 4.36. The standard InChI is InChI=1S/C13H24N2/c1-5-7-13(10-12(13,2)3)15-8-6-11(9-15)14-4/h5-10H2,1-4H3. The molecule has 1 saturated carbocycles.